The van der Waals surface area contributed by atoms with E-state index in [1.54, 1.807) is 0 Å². The Hall–Kier alpha value is -0.870. The first-order valence-electron chi connectivity index (χ1n) is 5.50. The van der Waals surface area contributed by atoms with Crippen LogP contribution in [0.1, 0.15) is 19.3 Å². The van der Waals surface area contributed by atoms with E-state index < -0.39 is 0 Å². The highest BCUT2D eigenvalue weighted by molar-refractivity contribution is 6.30. The molecule has 1 aromatic rings. The quantitative estimate of drug-likeness (QED) is 0.882. The van der Waals surface area contributed by atoms with E-state index in [1.165, 1.54) is 18.7 Å². The Morgan fingerprint density at radius 2 is 2.31 bits per heavy atom. The van der Waals surface area contributed by atoms with Gasteiger partial charge in [0.25, 0.3) is 0 Å². The number of hydrogen-bond donors (Lipinski definition) is 1. The Bertz CT molecular complexity index is 368. The third-order valence-electron chi connectivity index (χ3n) is 2.95. The lowest BCUT2D eigenvalue weighted by Crippen LogP contribution is -2.43. The molecule has 0 bridgehead atoms. The molecule has 0 aromatic carbocycles. The second-order valence-electron chi connectivity index (χ2n) is 4.03. The van der Waals surface area contributed by atoms with Crippen LogP contribution in [0, 0.1) is 5.82 Å². The third kappa shape index (κ3) is 2.28. The maximum Gasteiger partial charge on any atom is 0.167 e. The van der Waals surface area contributed by atoms with Crippen LogP contribution in [0.25, 0.3) is 0 Å². The van der Waals surface area contributed by atoms with Gasteiger partial charge < -0.3 is 10.6 Å². The van der Waals surface area contributed by atoms with Crippen molar-refractivity contribution in [3.63, 3.8) is 0 Å². The Morgan fingerprint density at radius 1 is 1.56 bits per heavy atom. The maximum absolute atomic E-state index is 13.7. The molecule has 2 N–H and O–H groups in total. The summed E-state index contributed by atoms with van der Waals surface area (Å²) in [6.07, 6.45) is 4.84. The van der Waals surface area contributed by atoms with Crippen LogP contribution in [0.3, 0.4) is 0 Å². The number of aromatic nitrogens is 1. The Morgan fingerprint density at radius 3 is 2.81 bits per heavy atom. The van der Waals surface area contributed by atoms with Gasteiger partial charge in [0, 0.05) is 25.3 Å². The van der Waals surface area contributed by atoms with Gasteiger partial charge in [-0.1, -0.05) is 11.6 Å². The van der Waals surface area contributed by atoms with Crippen molar-refractivity contribution in [3.05, 3.63) is 23.1 Å². The van der Waals surface area contributed by atoms with Gasteiger partial charge >= 0.3 is 0 Å². The number of anilines is 1. The summed E-state index contributed by atoms with van der Waals surface area (Å²) in [7, 11) is 0. The first kappa shape index (κ1) is 11.6. The Labute approximate surface area is 99.4 Å². The normalized spacial score (nSPS) is 15.9. The number of hydrogen-bond acceptors (Lipinski definition) is 3. The second-order valence-corrected chi connectivity index (χ2v) is 4.46. The van der Waals surface area contributed by atoms with Gasteiger partial charge in [-0.3, -0.25) is 0 Å². The molecule has 0 saturated heterocycles. The zero-order chi connectivity index (χ0) is 11.5. The van der Waals surface area contributed by atoms with E-state index in [0.717, 1.165) is 12.8 Å². The first-order chi connectivity index (χ1) is 7.72. The predicted molar refractivity (Wildman–Crippen MR) is 63.2 cm³/mol. The van der Waals surface area contributed by atoms with Crippen molar-refractivity contribution in [2.75, 3.05) is 18.0 Å². The van der Waals surface area contributed by atoms with Crippen molar-refractivity contribution in [1.29, 1.82) is 0 Å². The van der Waals surface area contributed by atoms with Crippen LogP contribution in [0.15, 0.2) is 12.3 Å². The van der Waals surface area contributed by atoms with Crippen LogP contribution in [0.2, 0.25) is 5.02 Å². The van der Waals surface area contributed by atoms with Crippen molar-refractivity contribution in [3.8, 4) is 0 Å². The van der Waals surface area contributed by atoms with Gasteiger partial charge in [0.05, 0.1) is 5.02 Å². The minimum atomic E-state index is -0.368. The van der Waals surface area contributed by atoms with E-state index in [4.69, 9.17) is 17.3 Å². The van der Waals surface area contributed by atoms with Gasteiger partial charge in [-0.05, 0) is 25.3 Å². The second kappa shape index (κ2) is 4.97. The van der Waals surface area contributed by atoms with Crippen LogP contribution in [0.5, 0.6) is 0 Å². The molecule has 1 aliphatic rings. The first-order valence-corrected chi connectivity index (χ1v) is 5.88. The van der Waals surface area contributed by atoms with E-state index in [0.29, 0.717) is 30.0 Å². The molecule has 5 heteroatoms. The van der Waals surface area contributed by atoms with E-state index in [9.17, 15) is 4.39 Å². The molecule has 16 heavy (non-hydrogen) atoms. The predicted octanol–water partition coefficient (Wildman–Crippen LogP) is 2.19. The number of rotatable bonds is 4. The summed E-state index contributed by atoms with van der Waals surface area (Å²) in [5.41, 5.74) is 5.55. The lowest BCUT2D eigenvalue weighted by atomic mass is 9.91. The molecule has 1 saturated carbocycles. The summed E-state index contributed by atoms with van der Waals surface area (Å²) in [6.45, 7) is 1.14. The van der Waals surface area contributed by atoms with E-state index in [-0.39, 0.29) is 5.82 Å². The molecular formula is C11H15ClFN3. The third-order valence-corrected chi connectivity index (χ3v) is 3.15. The van der Waals surface area contributed by atoms with E-state index in [1.807, 2.05) is 4.90 Å². The van der Waals surface area contributed by atoms with Crippen LogP contribution < -0.4 is 10.6 Å². The highest BCUT2D eigenvalue weighted by Gasteiger charge is 2.27. The van der Waals surface area contributed by atoms with Crippen LogP contribution in [-0.4, -0.2) is 24.1 Å². The zero-order valence-corrected chi connectivity index (χ0v) is 9.75. The van der Waals surface area contributed by atoms with E-state index >= 15 is 0 Å². The highest BCUT2D eigenvalue weighted by atomic mass is 35.5. The van der Waals surface area contributed by atoms with Crippen molar-refractivity contribution in [2.24, 2.45) is 5.73 Å². The average molecular weight is 244 g/mol. The summed E-state index contributed by atoms with van der Waals surface area (Å²) in [6, 6.07) is 1.68. The van der Waals surface area contributed by atoms with Gasteiger partial charge in [0.2, 0.25) is 0 Å². The molecule has 2 rings (SSSR count). The van der Waals surface area contributed by atoms with Gasteiger partial charge in [0.1, 0.15) is 0 Å². The monoisotopic (exact) mass is 243 g/mol. The molecule has 0 aliphatic heterocycles. The molecule has 1 fully saturated rings. The summed E-state index contributed by atoms with van der Waals surface area (Å²) in [5, 5.41) is 0.322. The molecule has 1 aromatic heterocycles. The molecular weight excluding hydrogens is 229 g/mol. The largest absolute Gasteiger partial charge is 0.350 e. The number of halogens is 2. The smallest absolute Gasteiger partial charge is 0.167 e. The molecule has 0 unspecified atom stereocenters. The fourth-order valence-corrected chi connectivity index (χ4v) is 2.06. The standard InChI is InChI=1S/C11H15ClFN3/c12-8-6-10(13)11(15-7-8)16(5-4-14)9-2-1-3-9/h6-7,9H,1-5,14H2. The molecule has 0 radical (unpaired) electrons. The summed E-state index contributed by atoms with van der Waals surface area (Å²) < 4.78 is 13.7. The lowest BCUT2D eigenvalue weighted by molar-refractivity contribution is 0.382. The summed E-state index contributed by atoms with van der Waals surface area (Å²) >= 11 is 5.68. The lowest BCUT2D eigenvalue weighted by Gasteiger charge is -2.38. The summed E-state index contributed by atoms with van der Waals surface area (Å²) in [5.74, 6) is 0.00685. The SMILES string of the molecule is NCCN(c1ncc(Cl)cc1F)C1CCC1. The number of nitrogens with zero attached hydrogens (tertiary/aromatic N) is 2. The average Bonchev–Trinajstić information content (AvgIpc) is 2.14. The molecule has 0 atom stereocenters. The number of pyridine rings is 1. The van der Waals surface area contributed by atoms with Crippen LogP contribution >= 0.6 is 11.6 Å². The topological polar surface area (TPSA) is 42.1 Å². The highest BCUT2D eigenvalue weighted by Crippen LogP contribution is 2.30. The van der Waals surface area contributed by atoms with Gasteiger partial charge in [-0.2, -0.15) is 0 Å². The van der Waals surface area contributed by atoms with Crippen molar-refractivity contribution in [1.82, 2.24) is 4.98 Å². The van der Waals surface area contributed by atoms with Crippen molar-refractivity contribution < 1.29 is 4.39 Å². The van der Waals surface area contributed by atoms with E-state index in [2.05, 4.69) is 4.98 Å². The molecule has 0 amide bonds. The van der Waals surface area contributed by atoms with Gasteiger partial charge in [0.15, 0.2) is 11.6 Å². The van der Waals surface area contributed by atoms with Gasteiger partial charge in [-0.15, -0.1) is 0 Å². The molecule has 1 heterocycles. The molecule has 0 spiro atoms. The van der Waals surface area contributed by atoms with Crippen LogP contribution in [0.4, 0.5) is 10.2 Å². The minimum Gasteiger partial charge on any atom is -0.350 e. The summed E-state index contributed by atoms with van der Waals surface area (Å²) in [4.78, 5) is 6.02. The molecule has 88 valence electrons. The maximum atomic E-state index is 13.7. The Kier molecular flexibility index (Phi) is 3.61. The molecule has 3 nitrogen and oxygen atoms in total. The number of nitrogens with two attached hydrogens (primary N) is 1. The van der Waals surface area contributed by atoms with Crippen LogP contribution in [-0.2, 0) is 0 Å². The minimum absolute atomic E-state index is 0.322. The zero-order valence-electron chi connectivity index (χ0n) is 9.00. The molecule has 1 aliphatic carbocycles. The Balaban J connectivity index is 2.23. The van der Waals surface area contributed by atoms with Crippen molar-refractivity contribution >= 4 is 17.4 Å². The van der Waals surface area contributed by atoms with Gasteiger partial charge in [-0.25, -0.2) is 9.37 Å². The van der Waals surface area contributed by atoms with Crippen molar-refractivity contribution in [2.45, 2.75) is 25.3 Å². The fourth-order valence-electron chi connectivity index (χ4n) is 1.92. The fraction of sp³-hybridized carbons (Fsp3) is 0.545.